The molecule has 1 saturated carbocycles. The number of pyridine rings is 1. The number of anilines is 1. The minimum absolute atomic E-state index is 0.648. The number of rotatable bonds is 2. The van der Waals surface area contributed by atoms with Crippen LogP contribution in [0.1, 0.15) is 32.6 Å². The van der Waals surface area contributed by atoms with Gasteiger partial charge in [-0.2, -0.15) is 0 Å². The third-order valence-corrected chi connectivity index (χ3v) is 3.99. The first-order valence-corrected chi connectivity index (χ1v) is 6.92. The van der Waals surface area contributed by atoms with E-state index in [0.717, 1.165) is 11.4 Å². The summed E-state index contributed by atoms with van der Waals surface area (Å²) in [6.45, 7) is 2.36. The molecule has 94 valence electrons. The molecule has 2 heteroatoms. The first-order valence-electron chi connectivity index (χ1n) is 6.92. The Balaban J connectivity index is 1.74. The number of fused-ring (bicyclic) bond motifs is 1. The second-order valence-electron chi connectivity index (χ2n) is 5.51. The van der Waals surface area contributed by atoms with Crippen LogP contribution in [0.5, 0.6) is 0 Å². The second-order valence-corrected chi connectivity index (χ2v) is 5.51. The van der Waals surface area contributed by atoms with Crippen LogP contribution in [0, 0.1) is 5.92 Å². The van der Waals surface area contributed by atoms with Crippen LogP contribution >= 0.6 is 0 Å². The zero-order chi connectivity index (χ0) is 12.4. The average molecular weight is 240 g/mol. The molecular formula is C16H20N2. The quantitative estimate of drug-likeness (QED) is 0.850. The monoisotopic (exact) mass is 240 g/mol. The van der Waals surface area contributed by atoms with Crippen molar-refractivity contribution in [1.82, 2.24) is 4.98 Å². The molecule has 1 aromatic heterocycles. The second kappa shape index (κ2) is 4.97. The van der Waals surface area contributed by atoms with E-state index in [4.69, 9.17) is 0 Å². The Kier molecular flexibility index (Phi) is 3.18. The molecule has 2 nitrogen and oxygen atoms in total. The highest BCUT2D eigenvalue weighted by Gasteiger charge is 2.17. The lowest BCUT2D eigenvalue weighted by Crippen LogP contribution is -2.25. The van der Waals surface area contributed by atoms with E-state index in [0.29, 0.717) is 6.04 Å². The predicted molar refractivity (Wildman–Crippen MR) is 76.8 cm³/mol. The van der Waals surface area contributed by atoms with Crippen molar-refractivity contribution in [2.24, 2.45) is 5.92 Å². The molecule has 0 aliphatic heterocycles. The van der Waals surface area contributed by atoms with Gasteiger partial charge in [0.2, 0.25) is 0 Å². The molecule has 1 fully saturated rings. The fourth-order valence-electron chi connectivity index (χ4n) is 2.81. The van der Waals surface area contributed by atoms with Gasteiger partial charge < -0.3 is 5.32 Å². The summed E-state index contributed by atoms with van der Waals surface area (Å²) < 4.78 is 0. The van der Waals surface area contributed by atoms with Crippen LogP contribution < -0.4 is 5.32 Å². The molecule has 1 aromatic carbocycles. The van der Waals surface area contributed by atoms with Crippen LogP contribution in [-0.4, -0.2) is 11.0 Å². The predicted octanol–water partition coefficient (Wildman–Crippen LogP) is 4.23. The molecule has 3 rings (SSSR count). The van der Waals surface area contributed by atoms with Gasteiger partial charge in [0.25, 0.3) is 0 Å². The zero-order valence-electron chi connectivity index (χ0n) is 10.9. The van der Waals surface area contributed by atoms with Crippen LogP contribution in [0.3, 0.4) is 0 Å². The maximum Gasteiger partial charge on any atom is 0.0703 e. The fraction of sp³-hybridized carbons (Fsp3) is 0.438. The molecule has 0 unspecified atom stereocenters. The van der Waals surface area contributed by atoms with Crippen molar-refractivity contribution in [1.29, 1.82) is 0 Å². The van der Waals surface area contributed by atoms with Crippen LogP contribution in [0.25, 0.3) is 10.9 Å². The van der Waals surface area contributed by atoms with Gasteiger partial charge in [0.1, 0.15) is 0 Å². The summed E-state index contributed by atoms with van der Waals surface area (Å²) in [5.41, 5.74) is 2.30. The number of hydrogen-bond acceptors (Lipinski definition) is 2. The average Bonchev–Trinajstić information content (AvgIpc) is 2.41. The van der Waals surface area contributed by atoms with E-state index < -0.39 is 0 Å². The van der Waals surface area contributed by atoms with Crippen LogP contribution in [0.4, 0.5) is 5.69 Å². The highest BCUT2D eigenvalue weighted by molar-refractivity contribution is 5.82. The standard InChI is InChI=1S/C16H20N2/c1-12-4-6-14(7-5-12)18-15-8-9-16-13(11-15)3-2-10-17-16/h2-3,8-12,14,18H,4-7H2,1H3. The first-order chi connectivity index (χ1) is 8.81. The van der Waals surface area contributed by atoms with E-state index in [9.17, 15) is 0 Å². The summed E-state index contributed by atoms with van der Waals surface area (Å²) in [5.74, 6) is 0.906. The van der Waals surface area contributed by atoms with Gasteiger partial charge in [0, 0.05) is 23.3 Å². The summed E-state index contributed by atoms with van der Waals surface area (Å²) in [6, 6.07) is 11.2. The molecule has 18 heavy (non-hydrogen) atoms. The van der Waals surface area contributed by atoms with Gasteiger partial charge in [0.05, 0.1) is 5.52 Å². The Morgan fingerprint density at radius 3 is 2.78 bits per heavy atom. The molecule has 0 spiro atoms. The van der Waals surface area contributed by atoms with Crippen LogP contribution in [0.2, 0.25) is 0 Å². The molecule has 1 heterocycles. The highest BCUT2D eigenvalue weighted by Crippen LogP contribution is 2.26. The highest BCUT2D eigenvalue weighted by atomic mass is 14.9. The van der Waals surface area contributed by atoms with Gasteiger partial charge >= 0.3 is 0 Å². The lowest BCUT2D eigenvalue weighted by molar-refractivity contribution is 0.361. The van der Waals surface area contributed by atoms with E-state index in [1.807, 2.05) is 12.3 Å². The first kappa shape index (κ1) is 11.5. The van der Waals surface area contributed by atoms with Gasteiger partial charge in [-0.3, -0.25) is 4.98 Å². The van der Waals surface area contributed by atoms with Crippen molar-refractivity contribution in [3.8, 4) is 0 Å². The molecule has 0 atom stereocenters. The maximum atomic E-state index is 4.35. The number of nitrogens with zero attached hydrogens (tertiary/aromatic N) is 1. The Morgan fingerprint density at radius 1 is 1.11 bits per heavy atom. The minimum atomic E-state index is 0.648. The Hall–Kier alpha value is -1.57. The van der Waals surface area contributed by atoms with E-state index in [2.05, 4.69) is 41.5 Å². The van der Waals surface area contributed by atoms with Gasteiger partial charge in [0.15, 0.2) is 0 Å². The van der Waals surface area contributed by atoms with Crippen LogP contribution in [-0.2, 0) is 0 Å². The molecule has 1 N–H and O–H groups in total. The summed E-state index contributed by atoms with van der Waals surface area (Å²) in [5, 5.41) is 4.88. The molecule has 0 amide bonds. The lowest BCUT2D eigenvalue weighted by atomic mass is 9.87. The summed E-state index contributed by atoms with van der Waals surface area (Å²) in [6.07, 6.45) is 7.15. The Labute approximate surface area is 108 Å². The number of aromatic nitrogens is 1. The van der Waals surface area contributed by atoms with E-state index in [1.54, 1.807) is 0 Å². The van der Waals surface area contributed by atoms with E-state index in [1.165, 1.54) is 36.8 Å². The van der Waals surface area contributed by atoms with Gasteiger partial charge in [-0.1, -0.05) is 13.0 Å². The third kappa shape index (κ3) is 2.47. The zero-order valence-corrected chi connectivity index (χ0v) is 10.9. The topological polar surface area (TPSA) is 24.9 Å². The van der Waals surface area contributed by atoms with Crippen molar-refractivity contribution < 1.29 is 0 Å². The summed E-state index contributed by atoms with van der Waals surface area (Å²) in [4.78, 5) is 4.35. The molecular weight excluding hydrogens is 220 g/mol. The fourth-order valence-corrected chi connectivity index (χ4v) is 2.81. The molecule has 1 aliphatic rings. The van der Waals surface area contributed by atoms with E-state index in [-0.39, 0.29) is 0 Å². The van der Waals surface area contributed by atoms with E-state index >= 15 is 0 Å². The number of benzene rings is 1. The van der Waals surface area contributed by atoms with Crippen molar-refractivity contribution >= 4 is 16.6 Å². The molecule has 0 bridgehead atoms. The molecule has 2 aromatic rings. The smallest absolute Gasteiger partial charge is 0.0703 e. The van der Waals surface area contributed by atoms with Crippen molar-refractivity contribution in [2.75, 3.05) is 5.32 Å². The lowest BCUT2D eigenvalue weighted by Gasteiger charge is -2.27. The normalized spacial score (nSPS) is 24.1. The minimum Gasteiger partial charge on any atom is -0.382 e. The Morgan fingerprint density at radius 2 is 1.94 bits per heavy atom. The van der Waals surface area contributed by atoms with Crippen molar-refractivity contribution in [2.45, 2.75) is 38.6 Å². The maximum absolute atomic E-state index is 4.35. The van der Waals surface area contributed by atoms with Crippen molar-refractivity contribution in [3.05, 3.63) is 36.5 Å². The molecule has 1 aliphatic carbocycles. The van der Waals surface area contributed by atoms with Crippen molar-refractivity contribution in [3.63, 3.8) is 0 Å². The number of hydrogen-bond donors (Lipinski definition) is 1. The van der Waals surface area contributed by atoms with Crippen LogP contribution in [0.15, 0.2) is 36.5 Å². The molecule has 0 radical (unpaired) electrons. The SMILES string of the molecule is CC1CCC(Nc2ccc3ncccc3c2)CC1. The third-order valence-electron chi connectivity index (χ3n) is 3.99. The van der Waals surface area contributed by atoms with Gasteiger partial charge in [-0.05, 0) is 55.9 Å². The summed E-state index contributed by atoms with van der Waals surface area (Å²) >= 11 is 0. The molecule has 0 saturated heterocycles. The van der Waals surface area contributed by atoms with Gasteiger partial charge in [-0.15, -0.1) is 0 Å². The number of nitrogens with one attached hydrogen (secondary N) is 1. The summed E-state index contributed by atoms with van der Waals surface area (Å²) in [7, 11) is 0. The van der Waals surface area contributed by atoms with Gasteiger partial charge in [-0.25, -0.2) is 0 Å². The largest absolute Gasteiger partial charge is 0.382 e. The Bertz CT molecular complexity index is 527.